The molecule has 2 heterocycles. The van der Waals surface area contributed by atoms with E-state index in [9.17, 15) is 4.79 Å². The number of hydrogen-bond acceptors (Lipinski definition) is 2. The maximum atomic E-state index is 10.9. The summed E-state index contributed by atoms with van der Waals surface area (Å²) >= 11 is 0. The molecule has 3 heteroatoms. The van der Waals surface area contributed by atoms with E-state index in [-0.39, 0.29) is 11.6 Å². The summed E-state index contributed by atoms with van der Waals surface area (Å²) in [6.45, 7) is 4.04. The van der Waals surface area contributed by atoms with Gasteiger partial charge in [0.2, 0.25) is 12.4 Å². The van der Waals surface area contributed by atoms with E-state index in [0.717, 1.165) is 13.2 Å². The molecule has 1 unspecified atom stereocenters. The van der Waals surface area contributed by atoms with Crippen LogP contribution in [0.4, 0.5) is 0 Å². The highest BCUT2D eigenvalue weighted by Gasteiger charge is 2.52. The largest absolute Gasteiger partial charge is 0.388 e. The summed E-state index contributed by atoms with van der Waals surface area (Å²) in [5, 5.41) is 0. The molecule has 0 radical (unpaired) electrons. The van der Waals surface area contributed by atoms with Crippen LogP contribution >= 0.6 is 0 Å². The Bertz CT molecular complexity index is 178. The third kappa shape index (κ3) is 0.707. The van der Waals surface area contributed by atoms with Crippen molar-refractivity contribution < 1.29 is 13.9 Å². The van der Waals surface area contributed by atoms with Crippen molar-refractivity contribution >= 4 is 5.78 Å². The number of hydrogen-bond donors (Lipinski definition) is 0. The molecule has 2 saturated heterocycles. The van der Waals surface area contributed by atoms with Gasteiger partial charge in [0.15, 0.2) is 6.61 Å². The molecule has 0 bridgehead atoms. The highest BCUT2D eigenvalue weighted by atomic mass is 16.9. The number of carbonyl (C=O) groups excluding carboxylic acids is 1. The SMILES string of the molecule is CC12CC(=O)C[O+]1CCO2. The number of fused-ring (bicyclic) bond motifs is 1. The smallest absolute Gasteiger partial charge is 0.280 e. The maximum Gasteiger partial charge on any atom is 0.280 e. The van der Waals surface area contributed by atoms with E-state index in [0.29, 0.717) is 13.0 Å². The van der Waals surface area contributed by atoms with Crippen molar-refractivity contribution in [1.29, 1.82) is 0 Å². The maximum absolute atomic E-state index is 10.9. The standard InChI is InChI=1S/C7H11O3/c1-7-4-6(8)5-10(7)3-2-9-7/h2-5H2,1H3/q+1. The molecule has 2 fully saturated rings. The lowest BCUT2D eigenvalue weighted by molar-refractivity contribution is -0.256. The molecule has 2 aliphatic heterocycles. The summed E-state index contributed by atoms with van der Waals surface area (Å²) in [6.07, 6.45) is 0.539. The van der Waals surface area contributed by atoms with Gasteiger partial charge in [0, 0.05) is 6.92 Å². The Balaban J connectivity index is 2.22. The second-order valence-electron chi connectivity index (χ2n) is 3.04. The minimum absolute atomic E-state index is 0.271. The first-order chi connectivity index (χ1) is 4.71. The highest BCUT2D eigenvalue weighted by molar-refractivity contribution is 5.82. The van der Waals surface area contributed by atoms with Gasteiger partial charge in [-0.05, 0) is 0 Å². The van der Waals surface area contributed by atoms with Crippen LogP contribution in [0.5, 0.6) is 0 Å². The van der Waals surface area contributed by atoms with Crippen molar-refractivity contribution in [3.8, 4) is 0 Å². The zero-order valence-corrected chi connectivity index (χ0v) is 6.05. The van der Waals surface area contributed by atoms with Crippen LogP contribution in [-0.4, -0.2) is 31.4 Å². The molecule has 56 valence electrons. The van der Waals surface area contributed by atoms with E-state index in [1.165, 1.54) is 0 Å². The Morgan fingerprint density at radius 2 is 2.50 bits per heavy atom. The van der Waals surface area contributed by atoms with Gasteiger partial charge in [-0.25, -0.2) is 0 Å². The summed E-state index contributed by atoms with van der Waals surface area (Å²) in [4.78, 5) is 10.9. The lowest BCUT2D eigenvalue weighted by Gasteiger charge is -2.18. The van der Waals surface area contributed by atoms with Gasteiger partial charge in [-0.2, -0.15) is 0 Å². The molecule has 3 nitrogen and oxygen atoms in total. The molecule has 0 spiro atoms. The summed E-state index contributed by atoms with van der Waals surface area (Å²) in [7, 11) is 0. The van der Waals surface area contributed by atoms with Gasteiger partial charge in [-0.3, -0.25) is 4.79 Å². The van der Waals surface area contributed by atoms with Crippen molar-refractivity contribution in [2.45, 2.75) is 19.1 Å². The van der Waals surface area contributed by atoms with Crippen LogP contribution in [0.3, 0.4) is 0 Å². The van der Waals surface area contributed by atoms with Crippen LogP contribution < -0.4 is 0 Å². The molecular formula is C7H11O3+. The van der Waals surface area contributed by atoms with E-state index in [2.05, 4.69) is 4.37 Å². The molecule has 0 amide bonds. The predicted octanol–water partition coefficient (Wildman–Crippen LogP) is 0.258. The fraction of sp³-hybridized carbons (Fsp3) is 0.857. The van der Waals surface area contributed by atoms with E-state index >= 15 is 0 Å². The lowest BCUT2D eigenvalue weighted by Crippen LogP contribution is -2.28. The molecular weight excluding hydrogens is 132 g/mol. The van der Waals surface area contributed by atoms with Crippen LogP contribution in [0.2, 0.25) is 0 Å². The number of rotatable bonds is 0. The third-order valence-corrected chi connectivity index (χ3v) is 2.20. The molecule has 10 heavy (non-hydrogen) atoms. The van der Waals surface area contributed by atoms with Crippen LogP contribution in [-0.2, 0) is 13.9 Å². The van der Waals surface area contributed by atoms with Crippen LogP contribution in [0.25, 0.3) is 0 Å². The van der Waals surface area contributed by atoms with Gasteiger partial charge in [-0.15, -0.1) is 0 Å². The second kappa shape index (κ2) is 1.80. The zero-order valence-electron chi connectivity index (χ0n) is 6.05. The second-order valence-corrected chi connectivity index (χ2v) is 3.04. The molecule has 0 saturated carbocycles. The van der Waals surface area contributed by atoms with Gasteiger partial charge < -0.3 is 9.10 Å². The highest BCUT2D eigenvalue weighted by Crippen LogP contribution is 2.35. The quantitative estimate of drug-likeness (QED) is 0.455. The number of ether oxygens (including phenoxy) is 1. The lowest BCUT2D eigenvalue weighted by atomic mass is 10.2. The fourth-order valence-corrected chi connectivity index (χ4v) is 1.64. The molecule has 0 aromatic rings. The van der Waals surface area contributed by atoms with Crippen molar-refractivity contribution in [2.24, 2.45) is 0 Å². The van der Waals surface area contributed by atoms with Gasteiger partial charge in [0.05, 0.1) is 0 Å². The third-order valence-electron chi connectivity index (χ3n) is 2.20. The first-order valence-electron chi connectivity index (χ1n) is 3.54. The first kappa shape index (κ1) is 6.31. The van der Waals surface area contributed by atoms with E-state index in [1.54, 1.807) is 0 Å². The van der Waals surface area contributed by atoms with Crippen molar-refractivity contribution in [3.63, 3.8) is 0 Å². The minimum atomic E-state index is -0.322. The average molecular weight is 143 g/mol. The number of ketones is 1. The summed E-state index contributed by atoms with van der Waals surface area (Å²) < 4.78 is 8.30. The first-order valence-corrected chi connectivity index (χ1v) is 3.54. The van der Waals surface area contributed by atoms with Crippen LogP contribution in [0.15, 0.2) is 0 Å². The van der Waals surface area contributed by atoms with Crippen LogP contribution in [0, 0.1) is 0 Å². The Morgan fingerprint density at radius 3 is 3.20 bits per heavy atom. The van der Waals surface area contributed by atoms with Gasteiger partial charge in [0.25, 0.3) is 5.79 Å². The summed E-state index contributed by atoms with van der Waals surface area (Å²) in [6, 6.07) is 0. The predicted molar refractivity (Wildman–Crippen MR) is 34.8 cm³/mol. The topological polar surface area (TPSA) is 29.0 Å². The average Bonchev–Trinajstić information content (AvgIpc) is 2.20. The van der Waals surface area contributed by atoms with Gasteiger partial charge >= 0.3 is 0 Å². The molecule has 2 aliphatic rings. The number of Topliss-reactive ketones (excluding diaryl/α,β-unsaturated/α-hetero) is 1. The van der Waals surface area contributed by atoms with E-state index in [1.807, 2.05) is 6.92 Å². The molecule has 1 atom stereocenters. The minimum Gasteiger partial charge on any atom is -0.388 e. The normalized spacial score (nSPS) is 40.7. The van der Waals surface area contributed by atoms with E-state index < -0.39 is 0 Å². The van der Waals surface area contributed by atoms with Gasteiger partial charge in [0.1, 0.15) is 13.0 Å². The van der Waals surface area contributed by atoms with Crippen molar-refractivity contribution in [1.82, 2.24) is 0 Å². The monoisotopic (exact) mass is 143 g/mol. The summed E-state index contributed by atoms with van der Waals surface area (Å²) in [5.74, 6) is -0.0518. The van der Waals surface area contributed by atoms with Crippen molar-refractivity contribution in [2.75, 3.05) is 19.8 Å². The number of carbonyl (C=O) groups is 1. The molecule has 0 aromatic heterocycles. The van der Waals surface area contributed by atoms with Crippen molar-refractivity contribution in [3.05, 3.63) is 0 Å². The van der Waals surface area contributed by atoms with Gasteiger partial charge in [-0.1, -0.05) is 0 Å². The Morgan fingerprint density at radius 1 is 1.70 bits per heavy atom. The Hall–Kier alpha value is -0.410. The zero-order chi connectivity index (χ0) is 7.19. The van der Waals surface area contributed by atoms with E-state index in [4.69, 9.17) is 4.74 Å². The molecule has 2 rings (SSSR count). The molecule has 0 aromatic carbocycles. The molecule has 0 N–H and O–H groups in total. The molecule has 0 aliphatic carbocycles. The Kier molecular flexibility index (Phi) is 1.13. The fourth-order valence-electron chi connectivity index (χ4n) is 1.64. The summed E-state index contributed by atoms with van der Waals surface area (Å²) in [5.41, 5.74) is 0. The Labute approximate surface area is 59.6 Å². The van der Waals surface area contributed by atoms with Crippen LogP contribution in [0.1, 0.15) is 13.3 Å².